The second-order valence-corrected chi connectivity index (χ2v) is 6.79. The minimum Gasteiger partial charge on any atom is -0.481 e. The molecule has 17 heavy (non-hydrogen) atoms. The smallest absolute Gasteiger partial charge is 0.303 e. The molecule has 1 N–H and O–H groups in total. The van der Waals surface area contributed by atoms with E-state index in [4.69, 9.17) is 17.3 Å². The fraction of sp³-hybridized carbons (Fsp3) is 0.385. The summed E-state index contributed by atoms with van der Waals surface area (Å²) in [6.07, 6.45) is 0.789. The van der Waals surface area contributed by atoms with Crippen molar-refractivity contribution in [3.63, 3.8) is 0 Å². The lowest BCUT2D eigenvalue weighted by atomic mass is 10.1. The van der Waals surface area contributed by atoms with Crippen LogP contribution >= 0.6 is 24.0 Å². The minimum absolute atomic E-state index is 0.148. The van der Waals surface area contributed by atoms with Gasteiger partial charge in [-0.2, -0.15) is 0 Å². The molecule has 2 nitrogen and oxygen atoms in total. The number of rotatable bonds is 5. The number of carbonyl (C=O) groups is 1. The van der Waals surface area contributed by atoms with Crippen LogP contribution in [0.3, 0.4) is 0 Å². The van der Waals surface area contributed by atoms with Crippen molar-refractivity contribution in [1.29, 1.82) is 0 Å². The molecule has 1 rings (SSSR count). The van der Waals surface area contributed by atoms with Crippen LogP contribution in [-0.4, -0.2) is 20.0 Å². The van der Waals surface area contributed by atoms with Crippen LogP contribution < -0.4 is 0 Å². The first-order valence-electron chi connectivity index (χ1n) is 5.41. The summed E-state index contributed by atoms with van der Waals surface area (Å²) in [7, 11) is 0. The van der Waals surface area contributed by atoms with Crippen molar-refractivity contribution in [3.8, 4) is 0 Å². The van der Waals surface area contributed by atoms with Gasteiger partial charge in [0, 0.05) is 11.2 Å². The van der Waals surface area contributed by atoms with Crippen LogP contribution in [-0.2, 0) is 4.79 Å². The monoisotopic (exact) mass is 268 g/mol. The second-order valence-electron chi connectivity index (χ2n) is 4.41. The molecular weight excluding hydrogens is 252 g/mol. The molecule has 0 atom stereocenters. The first kappa shape index (κ1) is 14.2. The van der Waals surface area contributed by atoms with Crippen molar-refractivity contribution in [2.24, 2.45) is 0 Å². The van der Waals surface area contributed by atoms with Crippen molar-refractivity contribution in [2.45, 2.75) is 31.4 Å². The summed E-state index contributed by atoms with van der Waals surface area (Å²) < 4.78 is 0.673. The van der Waals surface area contributed by atoms with E-state index in [1.165, 1.54) is 0 Å². The number of aliphatic carboxylic acids is 1. The molecule has 0 amide bonds. The Morgan fingerprint density at radius 3 is 2.47 bits per heavy atom. The third-order valence-electron chi connectivity index (χ3n) is 2.32. The maximum Gasteiger partial charge on any atom is 0.303 e. The molecule has 0 aliphatic heterocycles. The highest BCUT2D eigenvalue weighted by atomic mass is 32.2. The highest BCUT2D eigenvalue weighted by molar-refractivity contribution is 8.24. The highest BCUT2D eigenvalue weighted by Crippen LogP contribution is 2.32. The molecule has 0 saturated carbocycles. The number of benzene rings is 1. The molecule has 0 saturated heterocycles. The van der Waals surface area contributed by atoms with Crippen molar-refractivity contribution in [1.82, 2.24) is 0 Å². The van der Waals surface area contributed by atoms with Gasteiger partial charge < -0.3 is 5.11 Å². The Morgan fingerprint density at radius 2 is 1.94 bits per heavy atom. The van der Waals surface area contributed by atoms with Crippen molar-refractivity contribution in [2.75, 3.05) is 0 Å². The lowest BCUT2D eigenvalue weighted by Crippen LogP contribution is -2.19. The Bertz CT molecular complexity index is 399. The van der Waals surface area contributed by atoms with E-state index in [9.17, 15) is 4.79 Å². The molecule has 1 aromatic carbocycles. The Balaban J connectivity index is 2.58. The van der Waals surface area contributed by atoms with E-state index in [1.807, 2.05) is 44.2 Å². The molecule has 92 valence electrons. The summed E-state index contributed by atoms with van der Waals surface area (Å²) >= 11 is 6.93. The Labute approximate surface area is 111 Å². The van der Waals surface area contributed by atoms with Gasteiger partial charge in [-0.1, -0.05) is 56.4 Å². The topological polar surface area (TPSA) is 37.3 Å². The summed E-state index contributed by atoms with van der Waals surface area (Å²) in [5.41, 5.74) is 1.02. The van der Waals surface area contributed by atoms with Gasteiger partial charge in [0.2, 0.25) is 0 Å². The highest BCUT2D eigenvalue weighted by Gasteiger charge is 2.22. The van der Waals surface area contributed by atoms with Crippen LogP contribution in [0, 0.1) is 0 Å². The Hall–Kier alpha value is -0.870. The van der Waals surface area contributed by atoms with Gasteiger partial charge in [-0.15, -0.1) is 11.8 Å². The zero-order valence-corrected chi connectivity index (χ0v) is 11.6. The molecule has 0 fully saturated rings. The average molecular weight is 268 g/mol. The van der Waals surface area contributed by atoms with Gasteiger partial charge in [-0.25, -0.2) is 0 Å². The lowest BCUT2D eigenvalue weighted by Gasteiger charge is -2.23. The largest absolute Gasteiger partial charge is 0.481 e. The number of carboxylic acid groups (broad SMARTS) is 1. The van der Waals surface area contributed by atoms with E-state index in [0.29, 0.717) is 6.42 Å². The number of carboxylic acids is 1. The van der Waals surface area contributed by atoms with Gasteiger partial charge in [0.25, 0.3) is 0 Å². The third kappa shape index (κ3) is 5.33. The molecule has 0 spiro atoms. The van der Waals surface area contributed by atoms with Gasteiger partial charge in [0.05, 0.1) is 4.20 Å². The second kappa shape index (κ2) is 6.17. The average Bonchev–Trinajstić information content (AvgIpc) is 2.27. The first-order chi connectivity index (χ1) is 7.91. The van der Waals surface area contributed by atoms with E-state index >= 15 is 0 Å². The van der Waals surface area contributed by atoms with Crippen LogP contribution in [0.1, 0.15) is 32.3 Å². The predicted octanol–water partition coefficient (Wildman–Crippen LogP) is 3.74. The fourth-order valence-electron chi connectivity index (χ4n) is 1.34. The molecular formula is C13H16O2S2. The summed E-state index contributed by atoms with van der Waals surface area (Å²) in [6.45, 7) is 4.05. The van der Waals surface area contributed by atoms with Gasteiger partial charge in [0.15, 0.2) is 0 Å². The van der Waals surface area contributed by atoms with Crippen LogP contribution in [0.25, 0.3) is 0 Å². The summed E-state index contributed by atoms with van der Waals surface area (Å²) in [5, 5.41) is 8.69. The molecule has 0 aliphatic rings. The molecule has 0 unspecified atom stereocenters. The number of thioether (sulfide) groups is 1. The van der Waals surface area contributed by atoms with E-state index in [0.717, 1.165) is 9.76 Å². The van der Waals surface area contributed by atoms with Gasteiger partial charge in [-0.3, -0.25) is 4.79 Å². The summed E-state index contributed by atoms with van der Waals surface area (Å²) in [6, 6.07) is 9.80. The normalized spacial score (nSPS) is 11.2. The fourth-order valence-corrected chi connectivity index (χ4v) is 3.12. The van der Waals surface area contributed by atoms with E-state index < -0.39 is 5.97 Å². The zero-order valence-electron chi connectivity index (χ0n) is 9.97. The standard InChI is InChI=1S/C13H16O2S2/c1-13(2,9-8-11(14)15)17-12(16)10-6-4-3-5-7-10/h3-7H,8-9H2,1-2H3,(H,14,15). The SMILES string of the molecule is CC(C)(CCC(=O)O)SC(=S)c1ccccc1. The third-order valence-corrected chi connectivity index (χ3v) is 3.98. The van der Waals surface area contributed by atoms with Gasteiger partial charge in [-0.05, 0) is 12.0 Å². The molecule has 0 aliphatic carbocycles. The molecule has 0 heterocycles. The van der Waals surface area contributed by atoms with Crippen LogP contribution in [0.5, 0.6) is 0 Å². The molecule has 4 heteroatoms. The van der Waals surface area contributed by atoms with Crippen molar-refractivity contribution in [3.05, 3.63) is 35.9 Å². The maximum atomic E-state index is 10.6. The summed E-state index contributed by atoms with van der Waals surface area (Å²) in [4.78, 5) is 10.6. The van der Waals surface area contributed by atoms with Crippen LogP contribution in [0.15, 0.2) is 30.3 Å². The molecule has 0 bridgehead atoms. The summed E-state index contributed by atoms with van der Waals surface area (Å²) in [5.74, 6) is -0.760. The van der Waals surface area contributed by atoms with Crippen molar-refractivity contribution < 1.29 is 9.90 Å². The van der Waals surface area contributed by atoms with Crippen LogP contribution in [0.4, 0.5) is 0 Å². The quantitative estimate of drug-likeness (QED) is 0.825. The molecule has 0 radical (unpaired) electrons. The van der Waals surface area contributed by atoms with E-state index in [1.54, 1.807) is 11.8 Å². The molecule has 1 aromatic rings. The Morgan fingerprint density at radius 1 is 1.35 bits per heavy atom. The zero-order chi connectivity index (χ0) is 12.9. The lowest BCUT2D eigenvalue weighted by molar-refractivity contribution is -0.137. The first-order valence-corrected chi connectivity index (χ1v) is 6.63. The van der Waals surface area contributed by atoms with Crippen molar-refractivity contribution >= 4 is 34.1 Å². The van der Waals surface area contributed by atoms with E-state index in [-0.39, 0.29) is 11.2 Å². The van der Waals surface area contributed by atoms with Crippen LogP contribution in [0.2, 0.25) is 0 Å². The number of hydrogen-bond donors (Lipinski definition) is 1. The van der Waals surface area contributed by atoms with Gasteiger partial charge in [0.1, 0.15) is 0 Å². The number of thiocarbonyl (C=S) groups is 1. The number of hydrogen-bond acceptors (Lipinski definition) is 3. The predicted molar refractivity (Wildman–Crippen MR) is 76.7 cm³/mol. The minimum atomic E-state index is -0.760. The Kier molecular flexibility index (Phi) is 5.15. The van der Waals surface area contributed by atoms with Gasteiger partial charge >= 0.3 is 5.97 Å². The maximum absolute atomic E-state index is 10.6. The van der Waals surface area contributed by atoms with E-state index in [2.05, 4.69) is 0 Å². The molecule has 0 aromatic heterocycles.